The van der Waals surface area contributed by atoms with Gasteiger partial charge in [-0.1, -0.05) is 66.7 Å². The van der Waals surface area contributed by atoms with Gasteiger partial charge in [0.05, 0.1) is 0 Å². The molecule has 0 aliphatic rings. The summed E-state index contributed by atoms with van der Waals surface area (Å²) in [7, 11) is 0. The molecule has 0 saturated carbocycles. The van der Waals surface area contributed by atoms with Gasteiger partial charge in [0.1, 0.15) is 5.25 Å². The summed E-state index contributed by atoms with van der Waals surface area (Å²) in [4.78, 5) is 37.9. The van der Waals surface area contributed by atoms with E-state index in [0.29, 0.717) is 17.1 Å². The molecule has 1 unspecified atom stereocenters. The Kier molecular flexibility index (Phi) is 9.10. The second-order valence-corrected chi connectivity index (χ2v) is 9.60. The Hall–Kier alpha value is -4.62. The maximum absolute atomic E-state index is 13.4. The van der Waals surface area contributed by atoms with Crippen LogP contribution >= 0.6 is 11.8 Å². The Bertz CT molecular complexity index is 1420. The molecule has 7 heteroatoms. The lowest BCUT2D eigenvalue weighted by molar-refractivity contribution is -0.116. The van der Waals surface area contributed by atoms with Crippen LogP contribution in [0.2, 0.25) is 0 Å². The summed E-state index contributed by atoms with van der Waals surface area (Å²) in [5.74, 6) is -0.585. The van der Waals surface area contributed by atoms with Crippen LogP contribution in [-0.2, 0) is 14.4 Å². The number of amides is 3. The Morgan fingerprint density at radius 2 is 1.32 bits per heavy atom. The zero-order valence-electron chi connectivity index (χ0n) is 20.8. The van der Waals surface area contributed by atoms with Gasteiger partial charge in [-0.25, -0.2) is 0 Å². The molecule has 0 saturated heterocycles. The summed E-state index contributed by atoms with van der Waals surface area (Å²) in [5.41, 5.74) is 3.70. The quantitative estimate of drug-likeness (QED) is 0.168. The van der Waals surface area contributed by atoms with E-state index in [2.05, 4.69) is 16.0 Å². The standard InChI is InChI=1S/C31H27N3O3S/c1-22(35)32-25-16-18-26(19-17-25)34-31(37)30(24-11-6-3-7-12-24)38-28-14-8-13-27(21-28)33-29(36)20-15-23-9-4-2-5-10-23/h2-21,30H,1H3,(H,32,35)(H,33,36)(H,34,37)/b20-15+. The highest BCUT2D eigenvalue weighted by molar-refractivity contribution is 8.00. The van der Waals surface area contributed by atoms with Crippen molar-refractivity contribution in [1.29, 1.82) is 0 Å². The molecule has 4 aromatic carbocycles. The molecule has 38 heavy (non-hydrogen) atoms. The van der Waals surface area contributed by atoms with Crippen LogP contribution in [0.3, 0.4) is 0 Å². The predicted octanol–water partition coefficient (Wildman–Crippen LogP) is 6.77. The second kappa shape index (κ2) is 13.1. The van der Waals surface area contributed by atoms with Crippen molar-refractivity contribution >= 4 is 52.6 Å². The van der Waals surface area contributed by atoms with Gasteiger partial charge in [-0.05, 0) is 59.7 Å². The number of rotatable bonds is 9. The van der Waals surface area contributed by atoms with Crippen molar-refractivity contribution < 1.29 is 14.4 Å². The van der Waals surface area contributed by atoms with Gasteiger partial charge >= 0.3 is 0 Å². The van der Waals surface area contributed by atoms with E-state index in [4.69, 9.17) is 0 Å². The smallest absolute Gasteiger partial charge is 0.248 e. The van der Waals surface area contributed by atoms with Crippen molar-refractivity contribution in [3.8, 4) is 0 Å². The maximum atomic E-state index is 13.4. The highest BCUT2D eigenvalue weighted by Crippen LogP contribution is 2.37. The van der Waals surface area contributed by atoms with Crippen molar-refractivity contribution in [2.45, 2.75) is 17.1 Å². The third-order valence-corrected chi connectivity index (χ3v) is 6.64. The average molecular weight is 522 g/mol. The lowest BCUT2D eigenvalue weighted by Gasteiger charge is -2.18. The Balaban J connectivity index is 1.47. The molecule has 0 heterocycles. The number of carbonyl (C=O) groups is 3. The molecule has 4 rings (SSSR count). The fourth-order valence-electron chi connectivity index (χ4n) is 3.65. The monoisotopic (exact) mass is 521 g/mol. The minimum atomic E-state index is -0.532. The molecular weight excluding hydrogens is 494 g/mol. The Morgan fingerprint density at radius 3 is 1.97 bits per heavy atom. The number of hydrogen-bond donors (Lipinski definition) is 3. The largest absolute Gasteiger partial charge is 0.326 e. The van der Waals surface area contributed by atoms with E-state index in [1.165, 1.54) is 24.8 Å². The van der Waals surface area contributed by atoms with Gasteiger partial charge < -0.3 is 16.0 Å². The number of benzene rings is 4. The topological polar surface area (TPSA) is 87.3 Å². The van der Waals surface area contributed by atoms with Crippen LogP contribution in [0.1, 0.15) is 23.3 Å². The first-order valence-corrected chi connectivity index (χ1v) is 12.9. The van der Waals surface area contributed by atoms with Gasteiger partial charge in [-0.2, -0.15) is 0 Å². The van der Waals surface area contributed by atoms with Gasteiger partial charge in [0, 0.05) is 35.0 Å². The molecule has 0 bridgehead atoms. The second-order valence-electron chi connectivity index (χ2n) is 8.42. The molecule has 3 amide bonds. The van der Waals surface area contributed by atoms with Crippen molar-refractivity contribution in [2.75, 3.05) is 16.0 Å². The summed E-state index contributed by atoms with van der Waals surface area (Å²) in [6.07, 6.45) is 3.25. The highest BCUT2D eigenvalue weighted by atomic mass is 32.2. The number of hydrogen-bond acceptors (Lipinski definition) is 4. The minimum Gasteiger partial charge on any atom is -0.326 e. The van der Waals surface area contributed by atoms with E-state index in [1.807, 2.05) is 84.9 Å². The van der Waals surface area contributed by atoms with Crippen LogP contribution in [-0.4, -0.2) is 17.7 Å². The van der Waals surface area contributed by atoms with Crippen molar-refractivity contribution in [1.82, 2.24) is 0 Å². The molecule has 0 fully saturated rings. The van der Waals surface area contributed by atoms with E-state index in [9.17, 15) is 14.4 Å². The first-order chi connectivity index (χ1) is 18.5. The summed E-state index contributed by atoms with van der Waals surface area (Å²) >= 11 is 1.39. The molecule has 1 atom stereocenters. The Labute approximate surface area is 226 Å². The van der Waals surface area contributed by atoms with Gasteiger partial charge in [-0.3, -0.25) is 14.4 Å². The third kappa shape index (κ3) is 7.94. The number of thioether (sulfide) groups is 1. The molecule has 0 aliphatic heterocycles. The predicted molar refractivity (Wildman–Crippen MR) is 155 cm³/mol. The number of anilines is 3. The molecule has 0 aromatic heterocycles. The maximum Gasteiger partial charge on any atom is 0.248 e. The lowest BCUT2D eigenvalue weighted by atomic mass is 10.1. The van der Waals surface area contributed by atoms with E-state index in [-0.39, 0.29) is 17.7 Å². The van der Waals surface area contributed by atoms with Crippen LogP contribution in [0, 0.1) is 0 Å². The van der Waals surface area contributed by atoms with Crippen molar-refractivity contribution in [3.63, 3.8) is 0 Å². The molecule has 3 N–H and O–H groups in total. The molecule has 190 valence electrons. The zero-order valence-corrected chi connectivity index (χ0v) is 21.6. The van der Waals surface area contributed by atoms with E-state index in [0.717, 1.165) is 16.0 Å². The fraction of sp³-hybridized carbons (Fsp3) is 0.0645. The van der Waals surface area contributed by atoms with Crippen molar-refractivity contribution in [2.24, 2.45) is 0 Å². The molecule has 0 spiro atoms. The molecule has 0 aliphatic carbocycles. The van der Waals surface area contributed by atoms with Crippen LogP contribution < -0.4 is 16.0 Å². The normalized spacial score (nSPS) is 11.5. The third-order valence-electron chi connectivity index (χ3n) is 5.40. The van der Waals surface area contributed by atoms with Gasteiger partial charge in [0.25, 0.3) is 0 Å². The van der Waals surface area contributed by atoms with Crippen LogP contribution in [0.25, 0.3) is 6.08 Å². The summed E-state index contributed by atoms with van der Waals surface area (Å²) in [5, 5.41) is 8.03. The lowest BCUT2D eigenvalue weighted by Crippen LogP contribution is -2.19. The van der Waals surface area contributed by atoms with Gasteiger partial charge in [-0.15, -0.1) is 11.8 Å². The van der Waals surface area contributed by atoms with Crippen LogP contribution in [0.15, 0.2) is 120 Å². The van der Waals surface area contributed by atoms with Crippen molar-refractivity contribution in [3.05, 3.63) is 126 Å². The average Bonchev–Trinajstić information content (AvgIpc) is 2.92. The van der Waals surface area contributed by atoms with E-state index >= 15 is 0 Å². The molecule has 6 nitrogen and oxygen atoms in total. The zero-order chi connectivity index (χ0) is 26.7. The first kappa shape index (κ1) is 26.4. The summed E-state index contributed by atoms with van der Waals surface area (Å²) in [6.45, 7) is 1.44. The van der Waals surface area contributed by atoms with E-state index in [1.54, 1.807) is 30.3 Å². The molecule has 0 radical (unpaired) electrons. The number of carbonyl (C=O) groups excluding carboxylic acids is 3. The van der Waals surface area contributed by atoms with E-state index < -0.39 is 5.25 Å². The Morgan fingerprint density at radius 1 is 0.684 bits per heavy atom. The SMILES string of the molecule is CC(=O)Nc1ccc(NC(=O)C(Sc2cccc(NC(=O)/C=C/c3ccccc3)c2)c2ccccc2)cc1. The minimum absolute atomic E-state index is 0.159. The van der Waals surface area contributed by atoms with Crippen LogP contribution in [0.4, 0.5) is 17.1 Å². The van der Waals surface area contributed by atoms with Crippen LogP contribution in [0.5, 0.6) is 0 Å². The first-order valence-electron chi connectivity index (χ1n) is 12.0. The number of nitrogens with one attached hydrogen (secondary N) is 3. The van der Waals surface area contributed by atoms with Gasteiger partial charge in [0.15, 0.2) is 0 Å². The summed E-state index contributed by atoms with van der Waals surface area (Å²) < 4.78 is 0. The molecule has 4 aromatic rings. The summed E-state index contributed by atoms with van der Waals surface area (Å²) in [6, 6.07) is 33.5. The molecular formula is C31H27N3O3S. The van der Waals surface area contributed by atoms with Gasteiger partial charge in [0.2, 0.25) is 17.7 Å². The fourth-order valence-corrected chi connectivity index (χ4v) is 4.74. The highest BCUT2D eigenvalue weighted by Gasteiger charge is 2.22.